The standard InChI is InChI=1S/C14H16ClNOS/c1-2-5-10(15)8-16-14(17)12-9-18-13-7-4-3-6-11(12)13/h3-4,6-7,9-10H,2,5,8H2,1H3,(H,16,17). The first-order valence-corrected chi connectivity index (χ1v) is 7.42. The van der Waals surface area contributed by atoms with Crippen molar-refractivity contribution in [2.24, 2.45) is 0 Å². The summed E-state index contributed by atoms with van der Waals surface area (Å²) in [6, 6.07) is 7.94. The molecule has 4 heteroatoms. The Labute approximate surface area is 116 Å². The Balaban J connectivity index is 2.05. The largest absolute Gasteiger partial charge is 0.351 e. The molecule has 0 bridgehead atoms. The second kappa shape index (κ2) is 6.21. The van der Waals surface area contributed by atoms with Gasteiger partial charge in [-0.1, -0.05) is 31.5 Å². The number of hydrogen-bond acceptors (Lipinski definition) is 2. The number of benzene rings is 1. The van der Waals surface area contributed by atoms with E-state index in [0.29, 0.717) is 6.54 Å². The number of halogens is 1. The smallest absolute Gasteiger partial charge is 0.252 e. The maximum Gasteiger partial charge on any atom is 0.252 e. The molecule has 1 N–H and O–H groups in total. The van der Waals surface area contributed by atoms with Crippen molar-refractivity contribution in [2.75, 3.05) is 6.54 Å². The van der Waals surface area contributed by atoms with Crippen LogP contribution < -0.4 is 5.32 Å². The molecule has 2 nitrogen and oxygen atoms in total. The van der Waals surface area contributed by atoms with Crippen LogP contribution in [0.15, 0.2) is 29.6 Å². The number of carbonyl (C=O) groups excluding carboxylic acids is 1. The van der Waals surface area contributed by atoms with E-state index in [0.717, 1.165) is 28.5 Å². The fourth-order valence-corrected chi connectivity index (χ4v) is 3.10. The number of thiophene rings is 1. The Hall–Kier alpha value is -1.06. The summed E-state index contributed by atoms with van der Waals surface area (Å²) < 4.78 is 1.14. The highest BCUT2D eigenvalue weighted by Gasteiger charge is 2.12. The van der Waals surface area contributed by atoms with E-state index in [4.69, 9.17) is 11.6 Å². The van der Waals surface area contributed by atoms with Gasteiger partial charge in [-0.15, -0.1) is 22.9 Å². The summed E-state index contributed by atoms with van der Waals surface area (Å²) in [4.78, 5) is 12.1. The van der Waals surface area contributed by atoms with Gasteiger partial charge in [0.15, 0.2) is 0 Å². The van der Waals surface area contributed by atoms with Crippen molar-refractivity contribution in [3.05, 3.63) is 35.2 Å². The predicted octanol–water partition coefficient (Wildman–Crippen LogP) is 4.04. The molecule has 1 atom stereocenters. The first kappa shape index (κ1) is 13.4. The van der Waals surface area contributed by atoms with E-state index in [1.54, 1.807) is 11.3 Å². The minimum Gasteiger partial charge on any atom is -0.351 e. The van der Waals surface area contributed by atoms with Crippen LogP contribution in [-0.2, 0) is 0 Å². The molecule has 1 aromatic carbocycles. The molecule has 0 fully saturated rings. The molecule has 1 aromatic heterocycles. The number of alkyl halides is 1. The Bertz CT molecular complexity index is 537. The first-order valence-electron chi connectivity index (χ1n) is 6.11. The second-order valence-corrected chi connectivity index (χ2v) is 5.77. The van der Waals surface area contributed by atoms with Crippen molar-refractivity contribution in [1.29, 1.82) is 0 Å². The lowest BCUT2D eigenvalue weighted by Gasteiger charge is -2.09. The van der Waals surface area contributed by atoms with E-state index < -0.39 is 0 Å². The van der Waals surface area contributed by atoms with Crippen LogP contribution in [0, 0.1) is 0 Å². The zero-order valence-electron chi connectivity index (χ0n) is 10.3. The Kier molecular flexibility index (Phi) is 4.61. The van der Waals surface area contributed by atoms with Gasteiger partial charge in [-0.2, -0.15) is 0 Å². The molecule has 0 spiro atoms. The van der Waals surface area contributed by atoms with E-state index in [1.807, 2.05) is 29.6 Å². The second-order valence-electron chi connectivity index (χ2n) is 4.24. The number of rotatable bonds is 5. The third kappa shape index (κ3) is 3.03. The molecule has 2 aromatic rings. The lowest BCUT2D eigenvalue weighted by atomic mass is 10.1. The number of fused-ring (bicyclic) bond motifs is 1. The molecule has 2 rings (SSSR count). The summed E-state index contributed by atoms with van der Waals surface area (Å²) in [6.07, 6.45) is 1.96. The van der Waals surface area contributed by atoms with E-state index in [-0.39, 0.29) is 11.3 Å². The summed E-state index contributed by atoms with van der Waals surface area (Å²) in [5.74, 6) is -0.0331. The van der Waals surface area contributed by atoms with Gasteiger partial charge in [0, 0.05) is 22.0 Å². The van der Waals surface area contributed by atoms with E-state index >= 15 is 0 Å². The average Bonchev–Trinajstić information content (AvgIpc) is 2.80. The summed E-state index contributed by atoms with van der Waals surface area (Å²) in [5, 5.41) is 5.84. The fraction of sp³-hybridized carbons (Fsp3) is 0.357. The number of hydrogen-bond donors (Lipinski definition) is 1. The van der Waals surface area contributed by atoms with Gasteiger partial charge in [0.1, 0.15) is 0 Å². The molecule has 0 saturated heterocycles. The summed E-state index contributed by atoms with van der Waals surface area (Å²) in [6.45, 7) is 2.61. The predicted molar refractivity (Wildman–Crippen MR) is 78.7 cm³/mol. The summed E-state index contributed by atoms with van der Waals surface area (Å²) in [7, 11) is 0. The molecule has 0 aliphatic carbocycles. The van der Waals surface area contributed by atoms with Crippen LogP contribution in [0.25, 0.3) is 10.1 Å². The molecular weight excluding hydrogens is 266 g/mol. The maximum atomic E-state index is 12.1. The molecule has 18 heavy (non-hydrogen) atoms. The molecule has 1 amide bonds. The van der Waals surface area contributed by atoms with Crippen molar-refractivity contribution in [1.82, 2.24) is 5.32 Å². The van der Waals surface area contributed by atoms with Crippen LogP contribution in [0.2, 0.25) is 0 Å². The van der Waals surface area contributed by atoms with E-state index in [1.165, 1.54) is 0 Å². The zero-order chi connectivity index (χ0) is 13.0. The third-order valence-corrected chi connectivity index (χ3v) is 4.15. The lowest BCUT2D eigenvalue weighted by molar-refractivity contribution is 0.0955. The molecule has 0 radical (unpaired) electrons. The van der Waals surface area contributed by atoms with Crippen LogP contribution in [-0.4, -0.2) is 17.8 Å². The highest BCUT2D eigenvalue weighted by Crippen LogP contribution is 2.25. The van der Waals surface area contributed by atoms with Gasteiger partial charge >= 0.3 is 0 Å². The van der Waals surface area contributed by atoms with Crippen LogP contribution in [0.4, 0.5) is 0 Å². The number of carbonyl (C=O) groups is 1. The van der Waals surface area contributed by atoms with Crippen LogP contribution in [0.1, 0.15) is 30.1 Å². The topological polar surface area (TPSA) is 29.1 Å². The number of amides is 1. The van der Waals surface area contributed by atoms with Gasteiger partial charge in [0.2, 0.25) is 0 Å². The van der Waals surface area contributed by atoms with Crippen molar-refractivity contribution in [2.45, 2.75) is 25.1 Å². The van der Waals surface area contributed by atoms with Crippen molar-refractivity contribution >= 4 is 38.9 Å². The normalized spacial score (nSPS) is 12.6. The number of nitrogens with one attached hydrogen (secondary N) is 1. The summed E-state index contributed by atoms with van der Waals surface area (Å²) >= 11 is 7.69. The van der Waals surface area contributed by atoms with Gasteiger partial charge in [-0.25, -0.2) is 0 Å². The molecule has 0 aliphatic heterocycles. The fourth-order valence-electron chi connectivity index (χ4n) is 1.87. The highest BCUT2D eigenvalue weighted by molar-refractivity contribution is 7.17. The van der Waals surface area contributed by atoms with Crippen molar-refractivity contribution in [3.8, 4) is 0 Å². The molecule has 96 valence electrons. The van der Waals surface area contributed by atoms with Gasteiger partial charge in [0.05, 0.1) is 10.9 Å². The Morgan fingerprint density at radius 3 is 3.00 bits per heavy atom. The van der Waals surface area contributed by atoms with Gasteiger partial charge in [-0.05, 0) is 12.5 Å². The first-order chi connectivity index (χ1) is 8.72. The van der Waals surface area contributed by atoms with Crippen molar-refractivity contribution < 1.29 is 4.79 Å². The monoisotopic (exact) mass is 281 g/mol. The average molecular weight is 282 g/mol. The zero-order valence-corrected chi connectivity index (χ0v) is 11.9. The molecule has 0 aliphatic rings. The Morgan fingerprint density at radius 2 is 2.22 bits per heavy atom. The molecule has 0 saturated carbocycles. The molecule has 1 heterocycles. The summed E-state index contributed by atoms with van der Waals surface area (Å²) in [5.41, 5.74) is 0.746. The van der Waals surface area contributed by atoms with E-state index in [9.17, 15) is 4.79 Å². The van der Waals surface area contributed by atoms with E-state index in [2.05, 4.69) is 12.2 Å². The third-order valence-electron chi connectivity index (χ3n) is 2.81. The molecule has 1 unspecified atom stereocenters. The SMILES string of the molecule is CCCC(Cl)CNC(=O)c1csc2ccccc12. The quantitative estimate of drug-likeness (QED) is 0.824. The van der Waals surface area contributed by atoms with Gasteiger partial charge < -0.3 is 5.32 Å². The molecular formula is C14H16ClNOS. The minimum atomic E-state index is -0.0331. The minimum absolute atomic E-state index is 0.0175. The highest BCUT2D eigenvalue weighted by atomic mass is 35.5. The van der Waals surface area contributed by atoms with Gasteiger partial charge in [-0.3, -0.25) is 4.79 Å². The Morgan fingerprint density at radius 1 is 1.44 bits per heavy atom. The lowest BCUT2D eigenvalue weighted by Crippen LogP contribution is -2.29. The van der Waals surface area contributed by atoms with Crippen LogP contribution in [0.5, 0.6) is 0 Å². The maximum absolute atomic E-state index is 12.1. The van der Waals surface area contributed by atoms with Crippen LogP contribution >= 0.6 is 22.9 Å². The van der Waals surface area contributed by atoms with Crippen LogP contribution in [0.3, 0.4) is 0 Å². The van der Waals surface area contributed by atoms with Gasteiger partial charge in [0.25, 0.3) is 5.91 Å². The van der Waals surface area contributed by atoms with Crippen molar-refractivity contribution in [3.63, 3.8) is 0 Å².